The summed E-state index contributed by atoms with van der Waals surface area (Å²) in [7, 11) is 2.29. The molecule has 2 unspecified atom stereocenters. The van der Waals surface area contributed by atoms with Crippen LogP contribution in [0.1, 0.15) is 40.0 Å². The second-order valence-electron chi connectivity index (χ2n) is 4.75. The molecule has 15 heavy (non-hydrogen) atoms. The Morgan fingerprint density at radius 1 is 1.13 bits per heavy atom. The molecule has 2 atom stereocenters. The summed E-state index contributed by atoms with van der Waals surface area (Å²) in [4.78, 5) is 0. The summed E-state index contributed by atoms with van der Waals surface area (Å²) in [6.07, 6.45) is 4.19. The fraction of sp³-hybridized carbons (Fsp3) is 1.00. The molecule has 0 N–H and O–H groups in total. The molecule has 1 aliphatic rings. The number of rotatable bonds is 5. The van der Waals surface area contributed by atoms with Crippen LogP contribution in [0, 0.1) is 0 Å². The number of likely N-dealkylation sites (tertiary alicyclic amines) is 1. The van der Waals surface area contributed by atoms with Crippen LogP contribution in [0.25, 0.3) is 0 Å². The van der Waals surface area contributed by atoms with Crippen molar-refractivity contribution in [2.45, 2.75) is 52.6 Å². The summed E-state index contributed by atoms with van der Waals surface area (Å²) in [6, 6.07) is 0. The molecule has 0 saturated carbocycles. The largest absolute Gasteiger partial charge is 0.353 e. The third-order valence-electron chi connectivity index (χ3n) is 3.51. The van der Waals surface area contributed by atoms with Gasteiger partial charge in [0.15, 0.2) is 12.5 Å². The van der Waals surface area contributed by atoms with Crippen molar-refractivity contribution in [3.8, 4) is 0 Å². The zero-order chi connectivity index (χ0) is 11.3. The maximum absolute atomic E-state index is 5.88. The van der Waals surface area contributed by atoms with E-state index < -0.39 is 0 Å². The zero-order valence-corrected chi connectivity index (χ0v) is 10.7. The Morgan fingerprint density at radius 2 is 1.73 bits per heavy atom. The molecule has 0 aromatic heterocycles. The highest BCUT2D eigenvalue weighted by Crippen LogP contribution is 2.21. The van der Waals surface area contributed by atoms with Gasteiger partial charge in [0.2, 0.25) is 0 Å². The average Bonchev–Trinajstić information content (AvgIpc) is 2.19. The van der Waals surface area contributed by atoms with Gasteiger partial charge in [-0.1, -0.05) is 0 Å². The topological polar surface area (TPSA) is 18.5 Å². The van der Waals surface area contributed by atoms with Gasteiger partial charge in [-0.15, -0.1) is 0 Å². The minimum absolute atomic E-state index is 0.0816. The van der Waals surface area contributed by atoms with Gasteiger partial charge in [0.25, 0.3) is 0 Å². The Hall–Kier alpha value is -0.120. The van der Waals surface area contributed by atoms with Crippen LogP contribution >= 0.6 is 0 Å². The first-order valence-electron chi connectivity index (χ1n) is 6.20. The maximum atomic E-state index is 5.88. The van der Waals surface area contributed by atoms with Gasteiger partial charge < -0.3 is 14.0 Å². The summed E-state index contributed by atoms with van der Waals surface area (Å²) in [5.74, 6) is 0. The molecule has 1 rings (SSSR count). The highest BCUT2D eigenvalue weighted by atomic mass is 16.7. The Balaban J connectivity index is 2.39. The van der Waals surface area contributed by atoms with Gasteiger partial charge in [0.05, 0.1) is 20.1 Å². The van der Waals surface area contributed by atoms with Gasteiger partial charge in [-0.25, -0.2) is 0 Å². The molecule has 0 amide bonds. The van der Waals surface area contributed by atoms with E-state index >= 15 is 0 Å². The number of hydrogen-bond acceptors (Lipinski definition) is 2. The number of quaternary nitrogens is 1. The molecule has 1 saturated heterocycles. The van der Waals surface area contributed by atoms with Crippen LogP contribution in [-0.2, 0) is 9.47 Å². The van der Waals surface area contributed by atoms with E-state index in [-0.39, 0.29) is 12.5 Å². The maximum Gasteiger partial charge on any atom is 0.192 e. The van der Waals surface area contributed by atoms with Crippen molar-refractivity contribution < 1.29 is 14.0 Å². The predicted molar refractivity (Wildman–Crippen MR) is 61.4 cm³/mol. The third-order valence-corrected chi connectivity index (χ3v) is 3.51. The van der Waals surface area contributed by atoms with Gasteiger partial charge in [-0.2, -0.15) is 0 Å². The normalized spacial score (nSPS) is 24.8. The lowest BCUT2D eigenvalue weighted by Crippen LogP contribution is -2.55. The SMILES string of the molecule is CCOC(C)OC(C)[N+]1(C)CCCCC1. The van der Waals surface area contributed by atoms with Crippen molar-refractivity contribution in [2.75, 3.05) is 26.7 Å². The standard InChI is InChI=1S/C12H26NO2/c1-5-14-12(3)15-11(2)13(4)9-7-6-8-10-13/h11-12H,5-10H2,1-4H3/q+1. The van der Waals surface area contributed by atoms with E-state index in [2.05, 4.69) is 14.0 Å². The van der Waals surface area contributed by atoms with Crippen molar-refractivity contribution >= 4 is 0 Å². The van der Waals surface area contributed by atoms with Crippen molar-refractivity contribution in [1.29, 1.82) is 0 Å². The molecule has 1 fully saturated rings. The molecule has 1 aliphatic heterocycles. The van der Waals surface area contributed by atoms with Crippen LogP contribution in [0.4, 0.5) is 0 Å². The summed E-state index contributed by atoms with van der Waals surface area (Å²) in [5, 5.41) is 0. The van der Waals surface area contributed by atoms with Crippen LogP contribution in [0.2, 0.25) is 0 Å². The van der Waals surface area contributed by atoms with Crippen LogP contribution in [-0.4, -0.2) is 43.7 Å². The summed E-state index contributed by atoms with van der Waals surface area (Å²) in [5.41, 5.74) is 0. The monoisotopic (exact) mass is 216 g/mol. The van der Waals surface area contributed by atoms with E-state index in [0.29, 0.717) is 0 Å². The van der Waals surface area contributed by atoms with E-state index in [1.807, 2.05) is 13.8 Å². The van der Waals surface area contributed by atoms with E-state index in [1.165, 1.54) is 32.4 Å². The molecule has 0 radical (unpaired) electrons. The van der Waals surface area contributed by atoms with Crippen LogP contribution in [0.15, 0.2) is 0 Å². The second kappa shape index (κ2) is 5.83. The Kier molecular flexibility index (Phi) is 5.03. The molecule has 90 valence electrons. The highest BCUT2D eigenvalue weighted by Gasteiger charge is 2.32. The van der Waals surface area contributed by atoms with Crippen molar-refractivity contribution in [3.63, 3.8) is 0 Å². The molecule has 3 heteroatoms. The third kappa shape index (κ3) is 3.74. The summed E-state index contributed by atoms with van der Waals surface area (Å²) in [6.45, 7) is 9.34. The smallest absolute Gasteiger partial charge is 0.192 e. The fourth-order valence-corrected chi connectivity index (χ4v) is 2.30. The van der Waals surface area contributed by atoms with Gasteiger partial charge in [-0.3, -0.25) is 0 Å². The molecule has 1 heterocycles. The zero-order valence-electron chi connectivity index (χ0n) is 10.7. The fourth-order valence-electron chi connectivity index (χ4n) is 2.30. The minimum Gasteiger partial charge on any atom is -0.353 e. The Morgan fingerprint density at radius 3 is 2.27 bits per heavy atom. The Labute approximate surface area is 93.9 Å². The predicted octanol–water partition coefficient (Wildman–Crippen LogP) is 2.36. The molecular weight excluding hydrogens is 190 g/mol. The lowest BCUT2D eigenvalue weighted by atomic mass is 10.1. The number of nitrogens with zero attached hydrogens (tertiary/aromatic N) is 1. The summed E-state index contributed by atoms with van der Waals surface area (Å²) >= 11 is 0. The Bertz CT molecular complexity index is 178. The van der Waals surface area contributed by atoms with Crippen LogP contribution < -0.4 is 0 Å². The first-order chi connectivity index (χ1) is 7.08. The molecule has 0 bridgehead atoms. The van der Waals surface area contributed by atoms with Gasteiger partial charge in [-0.05, 0) is 33.1 Å². The van der Waals surface area contributed by atoms with Gasteiger partial charge in [0.1, 0.15) is 0 Å². The highest BCUT2D eigenvalue weighted by molar-refractivity contribution is 4.53. The van der Waals surface area contributed by atoms with Gasteiger partial charge in [0, 0.05) is 13.5 Å². The first-order valence-corrected chi connectivity index (χ1v) is 6.20. The number of hydrogen-bond donors (Lipinski definition) is 0. The molecule has 3 nitrogen and oxygen atoms in total. The minimum atomic E-state index is -0.0816. The quantitative estimate of drug-likeness (QED) is 0.519. The molecule has 0 aromatic carbocycles. The lowest BCUT2D eigenvalue weighted by Gasteiger charge is -2.42. The van der Waals surface area contributed by atoms with E-state index in [4.69, 9.17) is 9.47 Å². The molecule has 0 aliphatic carbocycles. The van der Waals surface area contributed by atoms with Gasteiger partial charge >= 0.3 is 0 Å². The van der Waals surface area contributed by atoms with Crippen molar-refractivity contribution in [2.24, 2.45) is 0 Å². The lowest BCUT2D eigenvalue weighted by molar-refractivity contribution is -0.958. The first kappa shape index (κ1) is 12.9. The number of ether oxygens (including phenoxy) is 2. The van der Waals surface area contributed by atoms with E-state index in [9.17, 15) is 0 Å². The van der Waals surface area contributed by atoms with E-state index in [0.717, 1.165) is 11.1 Å². The number of piperidine rings is 1. The van der Waals surface area contributed by atoms with Crippen LogP contribution in [0.5, 0.6) is 0 Å². The summed E-state index contributed by atoms with van der Waals surface area (Å²) < 4.78 is 12.3. The average molecular weight is 216 g/mol. The van der Waals surface area contributed by atoms with Crippen LogP contribution in [0.3, 0.4) is 0 Å². The molecule has 0 spiro atoms. The van der Waals surface area contributed by atoms with Crippen molar-refractivity contribution in [3.05, 3.63) is 0 Å². The van der Waals surface area contributed by atoms with E-state index in [1.54, 1.807) is 0 Å². The molecule has 0 aromatic rings. The van der Waals surface area contributed by atoms with Crippen molar-refractivity contribution in [1.82, 2.24) is 0 Å². The second-order valence-corrected chi connectivity index (χ2v) is 4.75. The molecular formula is C12H26NO2+.